The average Bonchev–Trinajstić information content (AvgIpc) is 2.96. The number of carbonyl (C=O) groups is 1. The molecule has 1 aliphatic carbocycles. The first-order valence-corrected chi connectivity index (χ1v) is 7.44. The Bertz CT molecular complexity index is 548. The molecule has 0 bridgehead atoms. The molecule has 1 aromatic rings. The van der Waals surface area contributed by atoms with Crippen molar-refractivity contribution < 1.29 is 9.53 Å². The second kappa shape index (κ2) is 5.80. The van der Waals surface area contributed by atoms with Crippen LogP contribution in [0.15, 0.2) is 29.8 Å². The van der Waals surface area contributed by atoms with E-state index >= 15 is 0 Å². The average molecular weight is 271 g/mol. The molecule has 1 amide bonds. The summed E-state index contributed by atoms with van der Waals surface area (Å²) < 4.78 is 5.44. The monoisotopic (exact) mass is 271 g/mol. The van der Waals surface area contributed by atoms with E-state index in [4.69, 9.17) is 4.74 Å². The van der Waals surface area contributed by atoms with E-state index < -0.39 is 0 Å². The second-order valence-corrected chi connectivity index (χ2v) is 5.66. The van der Waals surface area contributed by atoms with Gasteiger partial charge in [-0.3, -0.25) is 4.79 Å². The standard InChI is InChI=1S/C17H21NO2/c1-12(13-6-3-2-4-7-13)18-17(19)15-9-5-8-14-10-20-11-16(14)15/h5-6,8-9,12H,2-4,7,10-11H2,1H3,(H,18,19). The molecule has 2 aliphatic rings. The van der Waals surface area contributed by atoms with Crippen molar-refractivity contribution in [3.8, 4) is 0 Å². The van der Waals surface area contributed by atoms with Gasteiger partial charge >= 0.3 is 0 Å². The number of hydrogen-bond donors (Lipinski definition) is 1. The molecule has 0 spiro atoms. The van der Waals surface area contributed by atoms with E-state index in [1.165, 1.54) is 18.4 Å². The van der Waals surface area contributed by atoms with Crippen LogP contribution in [-0.4, -0.2) is 11.9 Å². The molecule has 1 aromatic carbocycles. The van der Waals surface area contributed by atoms with Crippen LogP contribution in [0.4, 0.5) is 0 Å². The third-order valence-corrected chi connectivity index (χ3v) is 4.25. The molecule has 3 rings (SSSR count). The first kappa shape index (κ1) is 13.4. The Morgan fingerprint density at radius 1 is 1.30 bits per heavy atom. The van der Waals surface area contributed by atoms with Gasteiger partial charge in [0, 0.05) is 11.6 Å². The van der Waals surface area contributed by atoms with E-state index in [1.54, 1.807) is 0 Å². The number of rotatable bonds is 3. The van der Waals surface area contributed by atoms with Gasteiger partial charge in [-0.2, -0.15) is 0 Å². The lowest BCUT2D eigenvalue weighted by Crippen LogP contribution is -2.35. The highest BCUT2D eigenvalue weighted by atomic mass is 16.5. The largest absolute Gasteiger partial charge is 0.372 e. The van der Waals surface area contributed by atoms with Crippen LogP contribution in [0.5, 0.6) is 0 Å². The lowest BCUT2D eigenvalue weighted by Gasteiger charge is -2.21. The molecule has 3 nitrogen and oxygen atoms in total. The van der Waals surface area contributed by atoms with Crippen LogP contribution in [0.25, 0.3) is 0 Å². The molecule has 0 fully saturated rings. The summed E-state index contributed by atoms with van der Waals surface area (Å²) in [6.07, 6.45) is 7.04. The van der Waals surface area contributed by atoms with Gasteiger partial charge in [-0.25, -0.2) is 0 Å². The van der Waals surface area contributed by atoms with Gasteiger partial charge in [0.2, 0.25) is 0 Å². The van der Waals surface area contributed by atoms with Gasteiger partial charge in [-0.15, -0.1) is 0 Å². The smallest absolute Gasteiger partial charge is 0.252 e. The summed E-state index contributed by atoms with van der Waals surface area (Å²) in [5, 5.41) is 3.13. The lowest BCUT2D eigenvalue weighted by atomic mass is 9.94. The number of nitrogens with one attached hydrogen (secondary N) is 1. The summed E-state index contributed by atoms with van der Waals surface area (Å²) in [7, 11) is 0. The summed E-state index contributed by atoms with van der Waals surface area (Å²) >= 11 is 0. The molecule has 1 unspecified atom stereocenters. The molecule has 1 aliphatic heterocycles. The molecule has 1 heterocycles. The highest BCUT2D eigenvalue weighted by Crippen LogP contribution is 2.24. The van der Waals surface area contributed by atoms with E-state index in [0.29, 0.717) is 13.2 Å². The fraction of sp³-hybridized carbons (Fsp3) is 0.471. The van der Waals surface area contributed by atoms with Crippen molar-refractivity contribution in [3.05, 3.63) is 46.5 Å². The predicted molar refractivity (Wildman–Crippen MR) is 78.4 cm³/mol. The van der Waals surface area contributed by atoms with Gasteiger partial charge in [0.25, 0.3) is 5.91 Å². The van der Waals surface area contributed by atoms with Crippen molar-refractivity contribution >= 4 is 5.91 Å². The summed E-state index contributed by atoms with van der Waals surface area (Å²) in [6.45, 7) is 3.25. The Labute approximate surface area is 120 Å². The lowest BCUT2D eigenvalue weighted by molar-refractivity contribution is 0.0939. The minimum Gasteiger partial charge on any atom is -0.372 e. The summed E-state index contributed by atoms with van der Waals surface area (Å²) in [5.41, 5.74) is 4.33. The summed E-state index contributed by atoms with van der Waals surface area (Å²) in [6, 6.07) is 5.99. The van der Waals surface area contributed by atoms with Crippen LogP contribution in [0.3, 0.4) is 0 Å². The van der Waals surface area contributed by atoms with Crippen molar-refractivity contribution in [2.45, 2.75) is 51.9 Å². The maximum absolute atomic E-state index is 12.5. The number of amides is 1. The highest BCUT2D eigenvalue weighted by Gasteiger charge is 2.21. The molecule has 1 N–H and O–H groups in total. The maximum atomic E-state index is 12.5. The van der Waals surface area contributed by atoms with E-state index in [0.717, 1.165) is 29.5 Å². The molecule has 3 heteroatoms. The van der Waals surface area contributed by atoms with E-state index in [2.05, 4.69) is 18.3 Å². The normalized spacial score (nSPS) is 19.1. The highest BCUT2D eigenvalue weighted by molar-refractivity contribution is 5.96. The summed E-state index contributed by atoms with van der Waals surface area (Å²) in [4.78, 5) is 12.5. The molecule has 0 saturated carbocycles. The molecule has 0 aromatic heterocycles. The predicted octanol–water partition coefficient (Wildman–Crippen LogP) is 3.34. The molecule has 0 saturated heterocycles. The SMILES string of the molecule is CC(NC(=O)c1cccc2c1COC2)C1=CCCCC1. The summed E-state index contributed by atoms with van der Waals surface area (Å²) in [5.74, 6) is 0.0197. The van der Waals surface area contributed by atoms with Gasteiger partial charge in [-0.1, -0.05) is 23.8 Å². The minimum atomic E-state index is 0.0197. The van der Waals surface area contributed by atoms with Crippen molar-refractivity contribution in [1.82, 2.24) is 5.32 Å². The van der Waals surface area contributed by atoms with Crippen LogP contribution in [-0.2, 0) is 18.0 Å². The fourth-order valence-electron chi connectivity index (χ4n) is 3.04. The zero-order chi connectivity index (χ0) is 13.9. The van der Waals surface area contributed by atoms with Crippen LogP contribution in [0.1, 0.15) is 54.1 Å². The maximum Gasteiger partial charge on any atom is 0.252 e. The first-order valence-electron chi connectivity index (χ1n) is 7.44. The van der Waals surface area contributed by atoms with E-state index in [-0.39, 0.29) is 11.9 Å². The van der Waals surface area contributed by atoms with Gasteiger partial charge < -0.3 is 10.1 Å². The van der Waals surface area contributed by atoms with Gasteiger partial charge in [0.05, 0.1) is 13.2 Å². The first-order chi connectivity index (χ1) is 9.75. The molecule has 106 valence electrons. The van der Waals surface area contributed by atoms with Crippen LogP contribution in [0.2, 0.25) is 0 Å². The number of fused-ring (bicyclic) bond motifs is 1. The number of benzene rings is 1. The van der Waals surface area contributed by atoms with Gasteiger partial charge in [0.15, 0.2) is 0 Å². The van der Waals surface area contributed by atoms with Crippen LogP contribution in [0, 0.1) is 0 Å². The van der Waals surface area contributed by atoms with E-state index in [1.807, 2.05) is 18.2 Å². The molecule has 1 atom stereocenters. The fourth-order valence-corrected chi connectivity index (χ4v) is 3.04. The zero-order valence-electron chi connectivity index (χ0n) is 11.9. The quantitative estimate of drug-likeness (QED) is 0.856. The molecular formula is C17H21NO2. The van der Waals surface area contributed by atoms with Crippen LogP contribution >= 0.6 is 0 Å². The molecule has 0 radical (unpaired) electrons. The van der Waals surface area contributed by atoms with Crippen LogP contribution < -0.4 is 5.32 Å². The minimum absolute atomic E-state index is 0.0197. The van der Waals surface area contributed by atoms with Crippen molar-refractivity contribution in [2.75, 3.05) is 0 Å². The van der Waals surface area contributed by atoms with E-state index in [9.17, 15) is 4.79 Å². The number of ether oxygens (including phenoxy) is 1. The topological polar surface area (TPSA) is 38.3 Å². The Hall–Kier alpha value is -1.61. The zero-order valence-corrected chi connectivity index (χ0v) is 11.9. The van der Waals surface area contributed by atoms with Gasteiger partial charge in [-0.05, 0) is 49.8 Å². The van der Waals surface area contributed by atoms with Gasteiger partial charge in [0.1, 0.15) is 0 Å². The van der Waals surface area contributed by atoms with Crippen molar-refractivity contribution in [3.63, 3.8) is 0 Å². The Kier molecular flexibility index (Phi) is 3.88. The molecule has 20 heavy (non-hydrogen) atoms. The molecular weight excluding hydrogens is 250 g/mol. The Morgan fingerprint density at radius 3 is 3.00 bits per heavy atom. The van der Waals surface area contributed by atoms with Crippen molar-refractivity contribution in [2.24, 2.45) is 0 Å². The third kappa shape index (κ3) is 2.63. The van der Waals surface area contributed by atoms with Crippen molar-refractivity contribution in [1.29, 1.82) is 0 Å². The third-order valence-electron chi connectivity index (χ3n) is 4.25. The Balaban J connectivity index is 1.73. The Morgan fingerprint density at radius 2 is 2.20 bits per heavy atom. The number of hydrogen-bond acceptors (Lipinski definition) is 2. The second-order valence-electron chi connectivity index (χ2n) is 5.66. The number of carbonyl (C=O) groups excluding carboxylic acids is 1. The number of allylic oxidation sites excluding steroid dienone is 1.